The second kappa shape index (κ2) is 13.1. The molecule has 2 unspecified atom stereocenters. The molecule has 44 heavy (non-hydrogen) atoms. The van der Waals surface area contributed by atoms with Gasteiger partial charge in [0.1, 0.15) is 11.0 Å². The number of aldehydes is 1. The lowest BCUT2D eigenvalue weighted by molar-refractivity contribution is -0.458. The maximum atomic E-state index is 13.0. The van der Waals surface area contributed by atoms with Crippen LogP contribution in [0, 0.1) is 5.92 Å². The molecule has 0 aromatic heterocycles. The van der Waals surface area contributed by atoms with Gasteiger partial charge in [-0.15, -0.1) is 0 Å². The highest BCUT2D eigenvalue weighted by Crippen LogP contribution is 2.64. The van der Waals surface area contributed by atoms with Crippen LogP contribution in [0.25, 0.3) is 0 Å². The van der Waals surface area contributed by atoms with Gasteiger partial charge in [-0.3, -0.25) is 4.79 Å². The molecule has 0 aromatic rings. The van der Waals surface area contributed by atoms with E-state index in [4.69, 9.17) is 0 Å². The van der Waals surface area contributed by atoms with Crippen LogP contribution in [0.5, 0.6) is 0 Å². The molecule has 2 fully saturated rings. The van der Waals surface area contributed by atoms with Crippen molar-refractivity contribution in [1.82, 2.24) is 0 Å². The van der Waals surface area contributed by atoms with Crippen LogP contribution in [-0.2, 0) is 25.8 Å². The Bertz CT molecular complexity index is 1090. The number of alkyl halides is 17. The molecule has 2 atom stereocenters. The maximum absolute atomic E-state index is 13.0. The van der Waals surface area contributed by atoms with Crippen molar-refractivity contribution >= 4 is 27.3 Å². The molecular weight excluding hydrogens is 703 g/mol. The molecule has 0 spiro atoms. The van der Waals surface area contributed by atoms with Crippen LogP contribution < -0.4 is 0 Å². The maximum Gasteiger partial charge on any atom is 0.460 e. The van der Waals surface area contributed by atoms with Crippen LogP contribution in [0.1, 0.15) is 51.4 Å². The van der Waals surface area contributed by atoms with Gasteiger partial charge in [-0.05, 0) is 43.0 Å². The smallest absolute Gasteiger partial charge is 0.460 e. The lowest BCUT2D eigenvalue weighted by Gasteiger charge is -2.42. The minimum atomic E-state index is -8.92. The highest BCUT2D eigenvalue weighted by atomic mass is 32.2. The fraction of sp³-hybridized carbons (Fsp3) is 0.952. The van der Waals surface area contributed by atoms with E-state index in [1.165, 1.54) is 63.4 Å². The minimum Gasteiger partial charge on any atom is -0.743 e. The predicted molar refractivity (Wildman–Crippen MR) is 118 cm³/mol. The summed E-state index contributed by atoms with van der Waals surface area (Å²) in [6, 6.07) is 0. The molecule has 1 heterocycles. The molecule has 1 aliphatic heterocycles. The van der Waals surface area contributed by atoms with Crippen molar-refractivity contribution in [3.8, 4) is 0 Å². The fourth-order valence-electron chi connectivity index (χ4n) is 4.57. The fourth-order valence-corrected chi connectivity index (χ4v) is 7.79. The van der Waals surface area contributed by atoms with E-state index >= 15 is 0 Å². The highest BCUT2D eigenvalue weighted by Gasteiger charge is 2.95. The van der Waals surface area contributed by atoms with Gasteiger partial charge in [0.15, 0.2) is 22.2 Å². The normalized spacial score (nSPS) is 22.7. The van der Waals surface area contributed by atoms with E-state index in [0.717, 1.165) is 16.9 Å². The van der Waals surface area contributed by atoms with Crippen LogP contribution in [-0.4, -0.2) is 83.0 Å². The van der Waals surface area contributed by atoms with Crippen LogP contribution in [0.3, 0.4) is 0 Å². The first-order valence-electron chi connectivity index (χ1n) is 12.2. The van der Waals surface area contributed by atoms with Gasteiger partial charge in [-0.1, -0.05) is 19.3 Å². The number of carbonyl (C=O) groups excluding carboxylic acids is 1. The summed E-state index contributed by atoms with van der Waals surface area (Å²) in [6.07, 6.45) is 4.73. The zero-order chi connectivity index (χ0) is 35.0. The van der Waals surface area contributed by atoms with Crippen molar-refractivity contribution in [3.05, 3.63) is 0 Å². The molecule has 0 aromatic carbocycles. The number of carbonyl (C=O) groups is 1. The average molecular weight is 727 g/mol. The van der Waals surface area contributed by atoms with Gasteiger partial charge in [-0.25, -0.2) is 8.42 Å². The largest absolute Gasteiger partial charge is 0.743 e. The van der Waals surface area contributed by atoms with Crippen LogP contribution in [0.2, 0.25) is 0 Å². The SMILES string of the molecule is O=CC[S+]1CCCCC1C1CCCCC1.O=S(=O)([O-])C(F)(F)C(F)(F)C(F)(F)C(F)(F)C(F)(F)C(F)(F)C(F)(F)C(F)(F)F. The van der Waals surface area contributed by atoms with E-state index in [0.29, 0.717) is 10.9 Å². The third-order valence-corrected chi connectivity index (χ3v) is 10.8. The molecule has 4 nitrogen and oxygen atoms in total. The third kappa shape index (κ3) is 6.87. The Morgan fingerprint density at radius 1 is 0.591 bits per heavy atom. The third-order valence-electron chi connectivity index (χ3n) is 7.04. The average Bonchev–Trinajstić information content (AvgIpc) is 2.88. The van der Waals surface area contributed by atoms with Gasteiger partial charge in [-0.2, -0.15) is 74.6 Å². The van der Waals surface area contributed by atoms with Crippen molar-refractivity contribution in [2.45, 2.75) is 104 Å². The molecule has 23 heteroatoms. The zero-order valence-electron chi connectivity index (χ0n) is 21.7. The Balaban J connectivity index is 0.000000532. The lowest BCUT2D eigenvalue weighted by Crippen LogP contribution is -2.75. The van der Waals surface area contributed by atoms with Crippen molar-refractivity contribution in [2.75, 3.05) is 11.5 Å². The van der Waals surface area contributed by atoms with Crippen molar-refractivity contribution in [1.29, 1.82) is 0 Å². The van der Waals surface area contributed by atoms with E-state index in [-0.39, 0.29) is 0 Å². The molecule has 0 bridgehead atoms. The van der Waals surface area contributed by atoms with Gasteiger partial charge < -0.3 is 4.55 Å². The summed E-state index contributed by atoms with van der Waals surface area (Å²) in [5.41, 5.74) is 0. The summed E-state index contributed by atoms with van der Waals surface area (Å²) in [6.45, 7) is 0. The summed E-state index contributed by atoms with van der Waals surface area (Å²) in [5.74, 6) is -49.0. The Hall–Kier alpha value is -1.26. The van der Waals surface area contributed by atoms with E-state index in [1.54, 1.807) is 0 Å². The molecule has 2 aliphatic rings. The molecule has 1 aliphatic carbocycles. The molecule has 262 valence electrons. The van der Waals surface area contributed by atoms with Gasteiger partial charge >= 0.3 is 47.0 Å². The molecule has 2 rings (SSSR count). The minimum absolute atomic E-state index is 0.452. The molecule has 0 radical (unpaired) electrons. The van der Waals surface area contributed by atoms with Gasteiger partial charge in [0, 0.05) is 5.92 Å². The quantitative estimate of drug-likeness (QED) is 0.102. The Morgan fingerprint density at radius 3 is 1.36 bits per heavy atom. The van der Waals surface area contributed by atoms with Crippen molar-refractivity contribution in [3.63, 3.8) is 0 Å². The molecular formula is C21H23F17O4S2. The summed E-state index contributed by atoms with van der Waals surface area (Å²) in [7, 11) is -7.69. The number of hydrogen-bond donors (Lipinski definition) is 0. The van der Waals surface area contributed by atoms with Gasteiger partial charge in [0.25, 0.3) is 0 Å². The first kappa shape index (κ1) is 40.8. The van der Waals surface area contributed by atoms with Crippen LogP contribution >= 0.6 is 0 Å². The second-order valence-electron chi connectivity index (χ2n) is 9.92. The summed E-state index contributed by atoms with van der Waals surface area (Å²) in [5, 5.41) is -7.03. The van der Waals surface area contributed by atoms with E-state index in [1.807, 2.05) is 0 Å². The first-order chi connectivity index (χ1) is 19.4. The molecule has 1 saturated carbocycles. The number of hydrogen-bond acceptors (Lipinski definition) is 4. The zero-order valence-corrected chi connectivity index (χ0v) is 23.3. The summed E-state index contributed by atoms with van der Waals surface area (Å²) < 4.78 is 244. The van der Waals surface area contributed by atoms with Crippen molar-refractivity contribution in [2.24, 2.45) is 5.92 Å². The Morgan fingerprint density at radius 2 is 0.977 bits per heavy atom. The van der Waals surface area contributed by atoms with Crippen molar-refractivity contribution < 1.29 is 92.4 Å². The molecule has 1 saturated heterocycles. The number of rotatable bonds is 10. The summed E-state index contributed by atoms with van der Waals surface area (Å²) in [4.78, 5) is 10.7. The standard InChI is InChI=1S/C13H23OS.C8HF17O3S/c14-9-11-15-10-5-4-8-13(15)12-6-2-1-3-7-12;9-1(10,3(13,14)5(17,18)7(21,22)23)2(11,12)4(15,16)6(19,20)8(24,25)29(26,27)28/h9,12-13H,1-8,10-11H2;(H,26,27,28)/q+1;/p-1. The molecule has 0 N–H and O–H groups in total. The first-order valence-corrected chi connectivity index (χ1v) is 15.2. The van der Waals surface area contributed by atoms with E-state index in [9.17, 15) is 92.4 Å². The second-order valence-corrected chi connectivity index (χ2v) is 13.8. The van der Waals surface area contributed by atoms with Crippen LogP contribution in [0.15, 0.2) is 0 Å². The van der Waals surface area contributed by atoms with Gasteiger partial charge in [0.2, 0.25) is 0 Å². The Kier molecular flexibility index (Phi) is 12.1. The summed E-state index contributed by atoms with van der Waals surface area (Å²) >= 11 is 0. The highest BCUT2D eigenvalue weighted by molar-refractivity contribution is 7.98. The topological polar surface area (TPSA) is 74.3 Å². The Labute approximate surface area is 241 Å². The number of halogens is 17. The lowest BCUT2D eigenvalue weighted by atomic mass is 9.85. The van der Waals surface area contributed by atoms with E-state index < -0.39 is 57.1 Å². The van der Waals surface area contributed by atoms with Gasteiger partial charge in [0.05, 0.1) is 0 Å². The molecule has 0 amide bonds. The van der Waals surface area contributed by atoms with E-state index in [2.05, 4.69) is 0 Å². The van der Waals surface area contributed by atoms with Crippen LogP contribution in [0.4, 0.5) is 74.6 Å². The predicted octanol–water partition coefficient (Wildman–Crippen LogP) is 7.43. The monoisotopic (exact) mass is 726 g/mol.